The van der Waals surface area contributed by atoms with Crippen molar-refractivity contribution in [3.63, 3.8) is 0 Å². The number of benzene rings is 1. The summed E-state index contributed by atoms with van der Waals surface area (Å²) >= 11 is 12.3. The molecule has 0 aliphatic rings. The van der Waals surface area contributed by atoms with E-state index >= 15 is 0 Å². The number of fused-ring (bicyclic) bond motifs is 1. The van der Waals surface area contributed by atoms with Crippen molar-refractivity contribution in [1.29, 1.82) is 0 Å². The van der Waals surface area contributed by atoms with E-state index in [0.29, 0.717) is 33.5 Å². The Balaban J connectivity index is 1.70. The van der Waals surface area contributed by atoms with E-state index in [1.165, 1.54) is 10.6 Å². The van der Waals surface area contributed by atoms with Crippen LogP contribution in [0.5, 0.6) is 0 Å². The molecule has 28 heavy (non-hydrogen) atoms. The number of halogens is 2. The van der Waals surface area contributed by atoms with Gasteiger partial charge >= 0.3 is 0 Å². The lowest BCUT2D eigenvalue weighted by Gasteiger charge is -2.12. The van der Waals surface area contributed by atoms with Gasteiger partial charge < -0.3 is 0 Å². The van der Waals surface area contributed by atoms with Crippen LogP contribution in [-0.4, -0.2) is 29.4 Å². The molecular weight excluding hydrogens is 399 g/mol. The molecule has 0 radical (unpaired) electrons. The normalized spacial score (nSPS) is 12.6. The fourth-order valence-corrected chi connectivity index (χ4v) is 3.84. The smallest absolute Gasteiger partial charge is 0.272 e. The molecule has 1 atom stereocenters. The highest BCUT2D eigenvalue weighted by molar-refractivity contribution is 6.36. The maximum atomic E-state index is 12.6. The van der Waals surface area contributed by atoms with Gasteiger partial charge in [0, 0.05) is 29.1 Å². The highest BCUT2D eigenvalue weighted by Crippen LogP contribution is 2.29. The van der Waals surface area contributed by atoms with Crippen molar-refractivity contribution < 1.29 is 0 Å². The summed E-state index contributed by atoms with van der Waals surface area (Å²) in [5.41, 5.74) is 2.48. The standard InChI is InChI=1S/C19H18Cl2N6O/c1-10(26-12(3)22-11(2)24-26)6-14-8-19(28)27-18(23-14)9-17(25-27)15-5-4-13(20)7-16(15)21/h4-5,7-10,25H,6H2,1-3H3. The van der Waals surface area contributed by atoms with E-state index in [2.05, 4.69) is 20.2 Å². The molecule has 0 spiro atoms. The van der Waals surface area contributed by atoms with Crippen molar-refractivity contribution in [2.45, 2.75) is 33.2 Å². The van der Waals surface area contributed by atoms with Crippen LogP contribution in [0.4, 0.5) is 0 Å². The van der Waals surface area contributed by atoms with Crippen molar-refractivity contribution >= 4 is 28.8 Å². The number of aryl methyl sites for hydroxylation is 2. The molecule has 0 bridgehead atoms. The summed E-state index contributed by atoms with van der Waals surface area (Å²) in [6, 6.07) is 8.58. The van der Waals surface area contributed by atoms with Gasteiger partial charge in [-0.15, -0.1) is 0 Å². The quantitative estimate of drug-likeness (QED) is 0.544. The van der Waals surface area contributed by atoms with Gasteiger partial charge in [0.1, 0.15) is 11.6 Å². The van der Waals surface area contributed by atoms with Crippen molar-refractivity contribution in [1.82, 2.24) is 29.4 Å². The van der Waals surface area contributed by atoms with Crippen LogP contribution in [0.15, 0.2) is 35.1 Å². The predicted molar refractivity (Wildman–Crippen MR) is 109 cm³/mol. The van der Waals surface area contributed by atoms with Gasteiger partial charge in [-0.1, -0.05) is 23.2 Å². The van der Waals surface area contributed by atoms with Gasteiger partial charge in [-0.2, -0.15) is 5.10 Å². The van der Waals surface area contributed by atoms with Gasteiger partial charge in [0.25, 0.3) is 5.56 Å². The molecule has 0 saturated heterocycles. The lowest BCUT2D eigenvalue weighted by molar-refractivity contribution is 0.469. The Labute approximate surface area is 170 Å². The summed E-state index contributed by atoms with van der Waals surface area (Å²) in [6.07, 6.45) is 0.567. The third-order valence-corrected chi connectivity index (χ3v) is 5.10. The first-order chi connectivity index (χ1) is 13.3. The van der Waals surface area contributed by atoms with E-state index in [1.54, 1.807) is 24.3 Å². The molecule has 3 aromatic heterocycles. The number of nitrogens with zero attached hydrogens (tertiary/aromatic N) is 5. The zero-order chi connectivity index (χ0) is 20.0. The highest BCUT2D eigenvalue weighted by Gasteiger charge is 2.15. The fraction of sp³-hybridized carbons (Fsp3) is 0.263. The van der Waals surface area contributed by atoms with E-state index in [4.69, 9.17) is 23.2 Å². The zero-order valence-electron chi connectivity index (χ0n) is 15.6. The van der Waals surface area contributed by atoms with Gasteiger partial charge in [0.05, 0.1) is 22.5 Å². The summed E-state index contributed by atoms with van der Waals surface area (Å²) in [4.78, 5) is 21.5. The van der Waals surface area contributed by atoms with Gasteiger partial charge in [0.2, 0.25) is 0 Å². The Morgan fingerprint density at radius 1 is 1.14 bits per heavy atom. The maximum Gasteiger partial charge on any atom is 0.272 e. The molecule has 0 aliphatic carbocycles. The van der Waals surface area contributed by atoms with E-state index in [0.717, 1.165) is 17.2 Å². The summed E-state index contributed by atoms with van der Waals surface area (Å²) in [5.74, 6) is 1.56. The number of hydrogen-bond donors (Lipinski definition) is 1. The second-order valence-electron chi connectivity index (χ2n) is 6.78. The Bertz CT molecular complexity index is 1240. The van der Waals surface area contributed by atoms with Crippen LogP contribution in [0.1, 0.15) is 30.3 Å². The van der Waals surface area contributed by atoms with Gasteiger partial charge in [-0.05, 0) is 39.0 Å². The van der Waals surface area contributed by atoms with Crippen LogP contribution >= 0.6 is 23.2 Å². The molecule has 1 N–H and O–H groups in total. The van der Waals surface area contributed by atoms with Crippen LogP contribution in [0.2, 0.25) is 10.0 Å². The molecule has 4 rings (SSSR count). The Kier molecular flexibility index (Phi) is 4.72. The van der Waals surface area contributed by atoms with Crippen LogP contribution in [-0.2, 0) is 6.42 Å². The molecule has 0 saturated carbocycles. The molecule has 1 aromatic carbocycles. The number of rotatable bonds is 4. The minimum absolute atomic E-state index is 0.0275. The summed E-state index contributed by atoms with van der Waals surface area (Å²) < 4.78 is 3.26. The molecular formula is C19H18Cl2N6O. The van der Waals surface area contributed by atoms with E-state index in [-0.39, 0.29) is 11.6 Å². The van der Waals surface area contributed by atoms with E-state index < -0.39 is 0 Å². The van der Waals surface area contributed by atoms with Crippen LogP contribution in [0, 0.1) is 13.8 Å². The average molecular weight is 417 g/mol. The molecule has 3 heterocycles. The summed E-state index contributed by atoms with van der Waals surface area (Å²) in [6.45, 7) is 5.80. The Morgan fingerprint density at radius 2 is 1.93 bits per heavy atom. The number of nitrogens with one attached hydrogen (secondary N) is 1. The molecule has 9 heteroatoms. The molecule has 0 aliphatic heterocycles. The minimum atomic E-state index is -0.185. The van der Waals surface area contributed by atoms with Crippen LogP contribution in [0.25, 0.3) is 16.9 Å². The Morgan fingerprint density at radius 3 is 2.61 bits per heavy atom. The average Bonchev–Trinajstić information content (AvgIpc) is 3.18. The second kappa shape index (κ2) is 7.07. The predicted octanol–water partition coefficient (Wildman–Crippen LogP) is 4.01. The first kappa shape index (κ1) is 18.7. The fourth-order valence-electron chi connectivity index (χ4n) is 3.33. The third-order valence-electron chi connectivity index (χ3n) is 4.55. The van der Waals surface area contributed by atoms with Crippen molar-refractivity contribution in [3.8, 4) is 11.3 Å². The zero-order valence-corrected chi connectivity index (χ0v) is 17.1. The molecule has 1 unspecified atom stereocenters. The number of H-pyrrole nitrogens is 1. The van der Waals surface area contributed by atoms with Crippen molar-refractivity contribution in [2.24, 2.45) is 0 Å². The SMILES string of the molecule is Cc1nc(C)n(C(C)Cc2cc(=O)n3[nH]c(-c4ccc(Cl)cc4Cl)cc3n2)n1. The van der Waals surface area contributed by atoms with Crippen molar-refractivity contribution in [2.75, 3.05) is 0 Å². The first-order valence-corrected chi connectivity index (χ1v) is 9.54. The maximum absolute atomic E-state index is 12.6. The summed E-state index contributed by atoms with van der Waals surface area (Å²) in [7, 11) is 0. The van der Waals surface area contributed by atoms with E-state index in [1.807, 2.05) is 25.5 Å². The third kappa shape index (κ3) is 3.43. The minimum Gasteiger partial charge on any atom is -0.289 e. The van der Waals surface area contributed by atoms with Gasteiger partial charge in [0.15, 0.2) is 5.65 Å². The molecule has 0 amide bonds. The largest absolute Gasteiger partial charge is 0.289 e. The van der Waals surface area contributed by atoms with Crippen molar-refractivity contribution in [3.05, 3.63) is 68.1 Å². The highest BCUT2D eigenvalue weighted by atomic mass is 35.5. The Hall–Kier alpha value is -2.64. The molecule has 7 nitrogen and oxygen atoms in total. The first-order valence-electron chi connectivity index (χ1n) is 8.78. The lowest BCUT2D eigenvalue weighted by Crippen LogP contribution is -2.18. The van der Waals surface area contributed by atoms with Crippen LogP contribution in [0.3, 0.4) is 0 Å². The molecule has 144 valence electrons. The monoisotopic (exact) mass is 416 g/mol. The summed E-state index contributed by atoms with van der Waals surface area (Å²) in [5, 5.41) is 8.52. The van der Waals surface area contributed by atoms with Crippen LogP contribution < -0.4 is 5.56 Å². The topological polar surface area (TPSA) is 80.9 Å². The number of hydrogen-bond acceptors (Lipinski definition) is 4. The second-order valence-corrected chi connectivity index (χ2v) is 7.62. The van der Waals surface area contributed by atoms with Gasteiger partial charge in [-0.3, -0.25) is 9.89 Å². The lowest BCUT2D eigenvalue weighted by atomic mass is 10.1. The van der Waals surface area contributed by atoms with Gasteiger partial charge in [-0.25, -0.2) is 19.2 Å². The van der Waals surface area contributed by atoms with E-state index in [9.17, 15) is 4.79 Å². The number of aromatic nitrogens is 6. The number of aromatic amines is 1. The molecule has 4 aromatic rings. The molecule has 0 fully saturated rings.